The molecule has 0 bridgehead atoms. The van der Waals surface area contributed by atoms with E-state index < -0.39 is 30.3 Å². The van der Waals surface area contributed by atoms with E-state index in [9.17, 15) is 9.59 Å². The number of carbonyl (C=O) groups excluding carboxylic acids is 2. The first-order chi connectivity index (χ1) is 14.0. The lowest BCUT2D eigenvalue weighted by Crippen LogP contribution is -2.45. The van der Waals surface area contributed by atoms with Crippen LogP contribution in [-0.2, 0) is 20.5 Å². The number of halogens is 1. The van der Waals surface area contributed by atoms with Crippen molar-refractivity contribution in [3.8, 4) is 0 Å². The number of hydrogen-bond acceptors (Lipinski definition) is 4. The molecule has 2 aromatic carbocycles. The third-order valence-electron chi connectivity index (χ3n) is 5.68. The Morgan fingerprint density at radius 3 is 2.20 bits per heavy atom. The summed E-state index contributed by atoms with van der Waals surface area (Å²) in [5.41, 5.74) is 6.92. The second-order valence-electron chi connectivity index (χ2n) is 8.47. The highest BCUT2D eigenvalue weighted by atomic mass is 79.9. The molecule has 0 aliphatic carbocycles. The van der Waals surface area contributed by atoms with Crippen LogP contribution in [-0.4, -0.2) is 36.2 Å². The van der Waals surface area contributed by atoms with Gasteiger partial charge in [-0.1, -0.05) is 46.3 Å². The van der Waals surface area contributed by atoms with E-state index in [0.717, 1.165) is 15.5 Å². The van der Waals surface area contributed by atoms with Crippen molar-refractivity contribution in [1.82, 2.24) is 5.32 Å². The topological polar surface area (TPSA) is 90.6 Å². The highest BCUT2D eigenvalue weighted by molar-refractivity contribution is 9.10. The summed E-state index contributed by atoms with van der Waals surface area (Å²) in [6, 6.07) is 13.7. The Kier molecular flexibility index (Phi) is 6.41. The summed E-state index contributed by atoms with van der Waals surface area (Å²) in [7, 11) is -0.452. The molecule has 30 heavy (non-hydrogen) atoms. The Hall–Kier alpha value is -2.16. The van der Waals surface area contributed by atoms with Crippen LogP contribution in [0.5, 0.6) is 0 Å². The number of benzene rings is 2. The third-order valence-corrected chi connectivity index (χ3v) is 6.17. The predicted octanol–water partition coefficient (Wildman–Crippen LogP) is 2.57. The van der Waals surface area contributed by atoms with Crippen molar-refractivity contribution < 1.29 is 18.9 Å². The first-order valence-electron chi connectivity index (χ1n) is 9.79. The predicted molar refractivity (Wildman–Crippen MR) is 120 cm³/mol. The van der Waals surface area contributed by atoms with Gasteiger partial charge in [-0.05, 0) is 56.9 Å². The largest absolute Gasteiger partial charge is 0.494 e. The Morgan fingerprint density at radius 1 is 1.07 bits per heavy atom. The van der Waals surface area contributed by atoms with Crippen LogP contribution in [0.25, 0.3) is 0 Å². The summed E-state index contributed by atoms with van der Waals surface area (Å²) >= 11 is 3.34. The molecule has 1 heterocycles. The van der Waals surface area contributed by atoms with Crippen LogP contribution in [0.15, 0.2) is 53.0 Å². The van der Waals surface area contributed by atoms with Gasteiger partial charge in [-0.2, -0.15) is 0 Å². The minimum absolute atomic E-state index is 0.290. The molecule has 1 atom stereocenters. The first-order valence-corrected chi connectivity index (χ1v) is 10.6. The van der Waals surface area contributed by atoms with Crippen molar-refractivity contribution >= 4 is 40.3 Å². The summed E-state index contributed by atoms with van der Waals surface area (Å²) in [6.45, 7) is 8.03. The van der Waals surface area contributed by atoms with Gasteiger partial charge in [-0.15, -0.1) is 0 Å². The minimum atomic E-state index is -0.820. The molecule has 8 heteroatoms. The second kappa shape index (κ2) is 8.53. The molecule has 1 saturated heterocycles. The van der Waals surface area contributed by atoms with E-state index in [4.69, 9.17) is 15.0 Å². The maximum atomic E-state index is 12.5. The maximum Gasteiger partial charge on any atom is 0.494 e. The van der Waals surface area contributed by atoms with E-state index in [1.165, 1.54) is 0 Å². The quantitative estimate of drug-likeness (QED) is 0.632. The number of nitrogens with one attached hydrogen (secondary N) is 1. The number of rotatable bonds is 6. The molecule has 2 amide bonds. The van der Waals surface area contributed by atoms with Gasteiger partial charge in [0.2, 0.25) is 5.91 Å². The molecule has 1 fully saturated rings. The van der Waals surface area contributed by atoms with Gasteiger partial charge >= 0.3 is 7.12 Å². The Labute approximate surface area is 185 Å². The lowest BCUT2D eigenvalue weighted by Gasteiger charge is -2.32. The van der Waals surface area contributed by atoms with E-state index >= 15 is 0 Å². The number of amides is 2. The maximum absolute atomic E-state index is 12.5. The van der Waals surface area contributed by atoms with E-state index in [1.54, 1.807) is 18.2 Å². The zero-order valence-electron chi connectivity index (χ0n) is 17.6. The molecule has 158 valence electrons. The van der Waals surface area contributed by atoms with E-state index in [1.807, 2.05) is 58.0 Å². The van der Waals surface area contributed by atoms with Crippen LogP contribution in [0.2, 0.25) is 0 Å². The molecule has 3 rings (SSSR count). The molecule has 2 aromatic rings. The van der Waals surface area contributed by atoms with Crippen molar-refractivity contribution in [2.45, 2.75) is 51.4 Å². The molecular weight excluding hydrogens is 447 g/mol. The fraction of sp³-hybridized carbons (Fsp3) is 0.364. The average molecular weight is 473 g/mol. The fourth-order valence-electron chi connectivity index (χ4n) is 3.12. The van der Waals surface area contributed by atoms with Gasteiger partial charge < -0.3 is 20.4 Å². The Morgan fingerprint density at radius 2 is 1.67 bits per heavy atom. The van der Waals surface area contributed by atoms with Crippen molar-refractivity contribution in [2.24, 2.45) is 5.73 Å². The summed E-state index contributed by atoms with van der Waals surface area (Å²) in [5.74, 6) is -0.942. The second-order valence-corrected chi connectivity index (χ2v) is 9.39. The van der Waals surface area contributed by atoms with Gasteiger partial charge in [0, 0.05) is 16.5 Å². The fourth-order valence-corrected chi connectivity index (χ4v) is 3.52. The lowest BCUT2D eigenvalue weighted by atomic mass is 9.78. The average Bonchev–Trinajstić information content (AvgIpc) is 2.89. The van der Waals surface area contributed by atoms with Gasteiger partial charge in [0.1, 0.15) is 6.04 Å². The normalized spacial score (nSPS) is 18.1. The number of nitrogens with two attached hydrogens (primary N) is 1. The van der Waals surface area contributed by atoms with Crippen LogP contribution in [0.3, 0.4) is 0 Å². The van der Waals surface area contributed by atoms with Crippen LogP contribution < -0.4 is 16.5 Å². The zero-order chi connectivity index (χ0) is 22.1. The monoisotopic (exact) mass is 472 g/mol. The van der Waals surface area contributed by atoms with Gasteiger partial charge in [0.05, 0.1) is 11.2 Å². The van der Waals surface area contributed by atoms with Gasteiger partial charge in [0.25, 0.3) is 5.91 Å². The number of carbonyl (C=O) groups is 2. The SMILES string of the molecule is CC1(C)OB(c2ccc(C[C@@H](NC(=O)c3cccc(Br)c3)C(N)=O)cc2)OC1(C)C. The van der Waals surface area contributed by atoms with Gasteiger partial charge in [-0.25, -0.2) is 0 Å². The number of primary amides is 1. The van der Waals surface area contributed by atoms with Crippen LogP contribution in [0, 0.1) is 0 Å². The zero-order valence-corrected chi connectivity index (χ0v) is 19.2. The van der Waals surface area contributed by atoms with E-state index in [2.05, 4.69) is 21.2 Å². The van der Waals surface area contributed by atoms with Crippen molar-refractivity contribution in [3.05, 3.63) is 64.1 Å². The molecule has 1 aliphatic rings. The molecule has 0 unspecified atom stereocenters. The first kappa shape index (κ1) is 22.5. The summed E-state index contributed by atoms with van der Waals surface area (Å²) in [5, 5.41) is 2.72. The molecule has 0 saturated carbocycles. The van der Waals surface area contributed by atoms with Crippen LogP contribution >= 0.6 is 15.9 Å². The summed E-state index contributed by atoms with van der Waals surface area (Å²) in [4.78, 5) is 24.4. The Balaban J connectivity index is 1.68. The Bertz CT molecular complexity index is 930. The van der Waals surface area contributed by atoms with Gasteiger partial charge in [0.15, 0.2) is 0 Å². The highest BCUT2D eigenvalue weighted by Crippen LogP contribution is 2.36. The van der Waals surface area contributed by atoms with Gasteiger partial charge in [-0.3, -0.25) is 9.59 Å². The molecule has 6 nitrogen and oxygen atoms in total. The lowest BCUT2D eigenvalue weighted by molar-refractivity contribution is -0.119. The molecular formula is C22H26BBrN2O4. The molecule has 0 radical (unpaired) electrons. The highest BCUT2D eigenvalue weighted by Gasteiger charge is 2.51. The van der Waals surface area contributed by atoms with E-state index in [0.29, 0.717) is 12.0 Å². The molecule has 0 spiro atoms. The number of hydrogen-bond donors (Lipinski definition) is 2. The minimum Gasteiger partial charge on any atom is -0.399 e. The van der Waals surface area contributed by atoms with E-state index in [-0.39, 0.29) is 5.91 Å². The third kappa shape index (κ3) is 4.94. The molecule has 3 N–H and O–H groups in total. The van der Waals surface area contributed by atoms with Crippen molar-refractivity contribution in [1.29, 1.82) is 0 Å². The smallest absolute Gasteiger partial charge is 0.399 e. The summed E-state index contributed by atoms with van der Waals surface area (Å²) in [6.07, 6.45) is 0.290. The van der Waals surface area contributed by atoms with Crippen LogP contribution in [0.4, 0.5) is 0 Å². The standard InChI is InChI=1S/C22H26BBrN2O4/c1-21(2)22(3,4)30-23(29-21)16-10-8-14(9-11-16)12-18(19(25)27)26-20(28)15-6-5-7-17(24)13-15/h5-11,13,18H,12H2,1-4H3,(H2,25,27)(H,26,28)/t18-/m1/s1. The van der Waals surface area contributed by atoms with Crippen LogP contribution in [0.1, 0.15) is 43.6 Å². The summed E-state index contributed by atoms with van der Waals surface area (Å²) < 4.78 is 12.9. The van der Waals surface area contributed by atoms with Crippen molar-refractivity contribution in [3.63, 3.8) is 0 Å². The molecule has 0 aromatic heterocycles. The molecule has 1 aliphatic heterocycles. The van der Waals surface area contributed by atoms with Crippen molar-refractivity contribution in [2.75, 3.05) is 0 Å².